The third-order valence-electron chi connectivity index (χ3n) is 4.27. The second-order valence-electron chi connectivity index (χ2n) is 6.43. The maximum atomic E-state index is 12.5. The average Bonchev–Trinajstić information content (AvgIpc) is 3.45. The number of anilines is 1. The third-order valence-corrected chi connectivity index (χ3v) is 5.99. The Kier molecular flexibility index (Phi) is 6.36. The number of carbonyl (C=O) groups excluding carboxylic acids is 2. The number of aromatic nitrogens is 3. The van der Waals surface area contributed by atoms with Crippen LogP contribution in [-0.4, -0.2) is 32.6 Å². The van der Waals surface area contributed by atoms with Crippen molar-refractivity contribution in [2.24, 2.45) is 0 Å². The van der Waals surface area contributed by atoms with Crippen LogP contribution in [0.25, 0.3) is 0 Å². The molecular weight excluding hydrogens is 416 g/mol. The first-order valence-electron chi connectivity index (χ1n) is 9.23. The number of thiophene rings is 1. The summed E-state index contributed by atoms with van der Waals surface area (Å²) in [5, 5.41) is 12.5. The minimum Gasteiger partial charge on any atom is -0.322 e. The summed E-state index contributed by atoms with van der Waals surface area (Å²) in [6, 6.07) is 19.9. The van der Waals surface area contributed by atoms with E-state index < -0.39 is 0 Å². The maximum absolute atomic E-state index is 12.5. The molecule has 0 radical (unpaired) electrons. The summed E-state index contributed by atoms with van der Waals surface area (Å²) in [5.41, 5.74) is 1.80. The second-order valence-corrected chi connectivity index (χ2v) is 8.40. The summed E-state index contributed by atoms with van der Waals surface area (Å²) in [4.78, 5) is 30.3. The van der Waals surface area contributed by atoms with E-state index in [2.05, 4.69) is 26.6 Å². The van der Waals surface area contributed by atoms with Crippen molar-refractivity contribution in [3.05, 3.63) is 93.9 Å². The Balaban J connectivity index is 1.30. The summed E-state index contributed by atoms with van der Waals surface area (Å²) in [5.74, 6) is 0.816. The van der Waals surface area contributed by atoms with Crippen molar-refractivity contribution in [2.45, 2.75) is 11.6 Å². The average molecular weight is 435 g/mol. The van der Waals surface area contributed by atoms with Crippen LogP contribution in [0.1, 0.15) is 31.4 Å². The largest absolute Gasteiger partial charge is 0.322 e. The number of amides is 1. The van der Waals surface area contributed by atoms with Gasteiger partial charge in [-0.15, -0.1) is 16.4 Å². The zero-order valence-corrected chi connectivity index (χ0v) is 17.5. The molecule has 2 aromatic carbocycles. The highest BCUT2D eigenvalue weighted by molar-refractivity contribution is 7.99. The lowest BCUT2D eigenvalue weighted by Gasteiger charge is -2.06. The first kappa shape index (κ1) is 20.1. The molecule has 0 spiro atoms. The number of nitrogens with zero attached hydrogens (tertiary/aromatic N) is 2. The topological polar surface area (TPSA) is 87.7 Å². The van der Waals surface area contributed by atoms with Crippen molar-refractivity contribution in [1.82, 2.24) is 15.2 Å². The fourth-order valence-corrected chi connectivity index (χ4v) is 4.17. The zero-order chi connectivity index (χ0) is 20.8. The number of aromatic amines is 1. The van der Waals surface area contributed by atoms with E-state index in [1.807, 2.05) is 29.6 Å². The highest BCUT2D eigenvalue weighted by Gasteiger charge is 2.11. The van der Waals surface area contributed by atoms with Gasteiger partial charge in [0.05, 0.1) is 5.75 Å². The number of hydrogen-bond donors (Lipinski definition) is 2. The Labute approximate surface area is 181 Å². The Morgan fingerprint density at radius 1 is 0.967 bits per heavy atom. The van der Waals surface area contributed by atoms with Crippen LogP contribution in [0, 0.1) is 0 Å². The molecule has 8 heteroatoms. The SMILES string of the molecule is O=C(CSc1n[nH]c(Cc2cccs2)n1)c1ccc(NC(=O)c2ccccc2)cc1. The lowest BCUT2D eigenvalue weighted by Crippen LogP contribution is -2.11. The lowest BCUT2D eigenvalue weighted by molar-refractivity contribution is 0.101. The van der Waals surface area contributed by atoms with Gasteiger partial charge in [-0.3, -0.25) is 14.7 Å². The summed E-state index contributed by atoms with van der Waals surface area (Å²) in [6.07, 6.45) is 0.704. The Morgan fingerprint density at radius 2 is 1.77 bits per heavy atom. The number of benzene rings is 2. The zero-order valence-electron chi connectivity index (χ0n) is 15.9. The first-order valence-corrected chi connectivity index (χ1v) is 11.1. The number of carbonyl (C=O) groups is 2. The molecule has 0 aliphatic heterocycles. The predicted octanol–water partition coefficient (Wildman–Crippen LogP) is 4.68. The van der Waals surface area contributed by atoms with Crippen LogP contribution in [0.5, 0.6) is 0 Å². The molecule has 0 saturated heterocycles. The fraction of sp³-hybridized carbons (Fsp3) is 0.0909. The van der Waals surface area contributed by atoms with E-state index in [9.17, 15) is 9.59 Å². The number of ketones is 1. The minimum absolute atomic E-state index is 0.0226. The van der Waals surface area contributed by atoms with Gasteiger partial charge in [0.2, 0.25) is 5.16 Å². The van der Waals surface area contributed by atoms with Crippen LogP contribution in [0.4, 0.5) is 5.69 Å². The Morgan fingerprint density at radius 3 is 2.50 bits per heavy atom. The smallest absolute Gasteiger partial charge is 0.255 e. The molecule has 150 valence electrons. The molecule has 2 heterocycles. The fourth-order valence-electron chi connectivity index (χ4n) is 2.75. The molecule has 0 fully saturated rings. The number of rotatable bonds is 8. The Bertz CT molecular complexity index is 1120. The van der Waals surface area contributed by atoms with Gasteiger partial charge in [-0.2, -0.15) is 0 Å². The third kappa shape index (κ3) is 5.22. The van der Waals surface area contributed by atoms with E-state index in [-0.39, 0.29) is 17.4 Å². The van der Waals surface area contributed by atoms with Crippen LogP contribution in [0.3, 0.4) is 0 Å². The van der Waals surface area contributed by atoms with Gasteiger partial charge in [0, 0.05) is 28.1 Å². The van der Waals surface area contributed by atoms with E-state index in [4.69, 9.17) is 0 Å². The van der Waals surface area contributed by atoms with E-state index >= 15 is 0 Å². The number of thioether (sulfide) groups is 1. The van der Waals surface area contributed by atoms with Crippen molar-refractivity contribution >= 4 is 40.5 Å². The highest BCUT2D eigenvalue weighted by atomic mass is 32.2. The van der Waals surface area contributed by atoms with Gasteiger partial charge in [-0.1, -0.05) is 36.0 Å². The van der Waals surface area contributed by atoms with E-state index in [0.29, 0.717) is 28.4 Å². The van der Waals surface area contributed by atoms with Gasteiger partial charge >= 0.3 is 0 Å². The van der Waals surface area contributed by atoms with Crippen molar-refractivity contribution in [1.29, 1.82) is 0 Å². The number of nitrogens with one attached hydrogen (secondary N) is 2. The van der Waals surface area contributed by atoms with E-state index in [0.717, 1.165) is 5.82 Å². The molecular formula is C22H18N4O2S2. The van der Waals surface area contributed by atoms with Gasteiger partial charge in [-0.05, 0) is 47.8 Å². The summed E-state index contributed by atoms with van der Waals surface area (Å²) >= 11 is 2.97. The van der Waals surface area contributed by atoms with Crippen molar-refractivity contribution in [3.63, 3.8) is 0 Å². The number of Topliss-reactive ketones (excluding diaryl/α,β-unsaturated/α-hetero) is 1. The molecule has 6 nitrogen and oxygen atoms in total. The van der Waals surface area contributed by atoms with Gasteiger partial charge in [0.25, 0.3) is 5.91 Å². The lowest BCUT2D eigenvalue weighted by atomic mass is 10.1. The van der Waals surface area contributed by atoms with Gasteiger partial charge in [-0.25, -0.2) is 4.98 Å². The molecule has 0 atom stereocenters. The monoisotopic (exact) mass is 434 g/mol. The van der Waals surface area contributed by atoms with Gasteiger partial charge in [0.1, 0.15) is 5.82 Å². The molecule has 4 rings (SSSR count). The summed E-state index contributed by atoms with van der Waals surface area (Å²) < 4.78 is 0. The number of hydrogen-bond acceptors (Lipinski definition) is 6. The normalized spacial score (nSPS) is 10.7. The van der Waals surface area contributed by atoms with Gasteiger partial charge < -0.3 is 5.32 Å². The molecule has 1 amide bonds. The summed E-state index contributed by atoms with van der Waals surface area (Å²) in [7, 11) is 0. The Hall–Kier alpha value is -3.23. The van der Waals surface area contributed by atoms with E-state index in [1.165, 1.54) is 16.6 Å². The van der Waals surface area contributed by atoms with Crippen LogP contribution in [-0.2, 0) is 6.42 Å². The summed E-state index contributed by atoms with van der Waals surface area (Å²) in [6.45, 7) is 0. The molecule has 2 N–H and O–H groups in total. The van der Waals surface area contributed by atoms with Crippen LogP contribution in [0.15, 0.2) is 77.3 Å². The first-order chi connectivity index (χ1) is 14.7. The second kappa shape index (κ2) is 9.51. The predicted molar refractivity (Wildman–Crippen MR) is 119 cm³/mol. The molecule has 4 aromatic rings. The van der Waals surface area contributed by atoms with Crippen molar-refractivity contribution < 1.29 is 9.59 Å². The highest BCUT2D eigenvalue weighted by Crippen LogP contribution is 2.18. The molecule has 30 heavy (non-hydrogen) atoms. The van der Waals surface area contributed by atoms with Gasteiger partial charge in [0.15, 0.2) is 5.78 Å². The van der Waals surface area contributed by atoms with Crippen LogP contribution in [0.2, 0.25) is 0 Å². The molecule has 0 saturated carbocycles. The van der Waals surface area contributed by atoms with Crippen LogP contribution >= 0.6 is 23.1 Å². The van der Waals surface area contributed by atoms with Crippen LogP contribution < -0.4 is 5.32 Å². The molecule has 0 aliphatic rings. The molecule has 0 bridgehead atoms. The van der Waals surface area contributed by atoms with E-state index in [1.54, 1.807) is 47.7 Å². The molecule has 0 aliphatic carbocycles. The maximum Gasteiger partial charge on any atom is 0.255 e. The quantitative estimate of drug-likeness (QED) is 0.310. The number of H-pyrrole nitrogens is 1. The molecule has 0 unspecified atom stereocenters. The van der Waals surface area contributed by atoms with Crippen molar-refractivity contribution in [2.75, 3.05) is 11.1 Å². The molecule has 2 aromatic heterocycles. The minimum atomic E-state index is -0.187. The standard InChI is InChI=1S/C22H18N4O2S2/c27-19(14-30-22-24-20(25-26-22)13-18-7-4-12-29-18)15-8-10-17(11-9-15)23-21(28)16-5-2-1-3-6-16/h1-12H,13-14H2,(H,23,28)(H,24,25,26). The van der Waals surface area contributed by atoms with Crippen molar-refractivity contribution in [3.8, 4) is 0 Å².